The summed E-state index contributed by atoms with van der Waals surface area (Å²) in [5.41, 5.74) is -0.195. The molecule has 0 fully saturated rings. The minimum Gasteiger partial charge on any atom is -0.444 e. The summed E-state index contributed by atoms with van der Waals surface area (Å²) in [6.07, 6.45) is -0.392. The molecule has 0 saturated carbocycles. The van der Waals surface area contributed by atoms with Crippen LogP contribution in [-0.2, 0) is 38.1 Å². The number of hydrogen-bond acceptors (Lipinski definition) is 16. The summed E-state index contributed by atoms with van der Waals surface area (Å²) >= 11 is 0. The lowest BCUT2D eigenvalue weighted by atomic mass is 10.2. The van der Waals surface area contributed by atoms with Gasteiger partial charge in [0.05, 0.1) is 0 Å². The Balaban J connectivity index is 1.44. The number of anilines is 4. The lowest BCUT2D eigenvalue weighted by Crippen LogP contribution is -2.38. The van der Waals surface area contributed by atoms with E-state index in [9.17, 15) is 38.4 Å². The molecule has 0 aromatic heterocycles. The molecule has 4 N–H and O–H groups in total. The molecule has 0 saturated heterocycles. The predicted molar refractivity (Wildman–Crippen MR) is 352 cm³/mol. The zero-order valence-corrected chi connectivity index (χ0v) is 56.1. The van der Waals surface area contributed by atoms with Gasteiger partial charge in [-0.25, -0.2) is 19.2 Å². The SMILES string of the molecule is CC(C)(C)OC(=O)NCCC(=O)N1CCCCN(C(=O)CCNC(=O)OC(C)(C)C)c2ccc(cc2)SSc2ccc(cc2)N(C(=O)CCNC(=O)OC(C)(C)C)CCCCN(C(=O)CCNC(=O)OC(C)(C)C)c2ccc(cc2)SSc2ccc1cc2. The largest absolute Gasteiger partial charge is 0.444 e. The van der Waals surface area contributed by atoms with Gasteiger partial charge < -0.3 is 59.8 Å². The number of amides is 8. The molecule has 0 unspecified atom stereocenters. The third-order valence-corrected chi connectivity index (χ3v) is 17.2. The molecule has 7 aliphatic heterocycles. The van der Waals surface area contributed by atoms with Crippen LogP contribution in [0.15, 0.2) is 117 Å². The molecule has 0 atom stereocenters. The Morgan fingerprint density at radius 2 is 0.489 bits per heavy atom. The Bertz CT molecular complexity index is 2550. The Morgan fingerprint density at radius 3 is 0.648 bits per heavy atom. The first kappa shape index (κ1) is 72.0. The summed E-state index contributed by atoms with van der Waals surface area (Å²) < 4.78 is 21.6. The van der Waals surface area contributed by atoms with Gasteiger partial charge in [-0.3, -0.25) is 19.2 Å². The first-order valence-electron chi connectivity index (χ1n) is 29.6. The molecule has 8 amide bonds. The Labute approximate surface area is 534 Å². The highest BCUT2D eigenvalue weighted by Gasteiger charge is 2.25. The maximum Gasteiger partial charge on any atom is 0.407 e. The molecule has 8 bridgehead atoms. The first-order valence-corrected chi connectivity index (χ1v) is 33.9. The Hall–Kier alpha value is -6.76. The summed E-state index contributed by atoms with van der Waals surface area (Å²) in [6.45, 7) is 22.7. The average molecular weight is 1290 g/mol. The third-order valence-electron chi connectivity index (χ3n) is 12.3. The van der Waals surface area contributed by atoms with Gasteiger partial charge in [-0.05, 0) is 206 Å². The van der Waals surface area contributed by atoms with Gasteiger partial charge in [0.1, 0.15) is 22.4 Å². The van der Waals surface area contributed by atoms with E-state index >= 15 is 0 Å². The van der Waals surface area contributed by atoms with E-state index in [1.165, 1.54) is 43.2 Å². The molecular weight excluding hydrogens is 1200 g/mol. The van der Waals surface area contributed by atoms with E-state index in [1.54, 1.807) is 103 Å². The van der Waals surface area contributed by atoms with E-state index in [1.807, 2.05) is 97.1 Å². The second-order valence-corrected chi connectivity index (χ2v) is 29.2. The normalized spacial score (nSPS) is 14.2. The number of carbonyl (C=O) groups is 8. The number of nitrogens with zero attached hydrogens (tertiary/aromatic N) is 4. The van der Waals surface area contributed by atoms with Crippen LogP contribution in [-0.4, -0.2) is 123 Å². The zero-order chi connectivity index (χ0) is 64.7. The second kappa shape index (κ2) is 34.3. The van der Waals surface area contributed by atoms with E-state index < -0.39 is 46.8 Å². The fourth-order valence-electron chi connectivity index (χ4n) is 8.47. The number of nitrogens with one attached hydrogen (secondary N) is 4. The molecule has 0 aliphatic carbocycles. The summed E-state index contributed by atoms with van der Waals surface area (Å²) in [7, 11) is 6.08. The van der Waals surface area contributed by atoms with Gasteiger partial charge in [0.2, 0.25) is 23.6 Å². The monoisotopic (exact) mass is 1290 g/mol. The first-order chi connectivity index (χ1) is 41.4. The van der Waals surface area contributed by atoms with Crippen molar-refractivity contribution in [3.63, 3.8) is 0 Å². The van der Waals surface area contributed by atoms with E-state index in [-0.39, 0.29) is 75.5 Å². The fourth-order valence-corrected chi connectivity index (χ4v) is 12.3. The molecule has 480 valence electrons. The van der Waals surface area contributed by atoms with Crippen molar-refractivity contribution in [1.82, 2.24) is 21.3 Å². The van der Waals surface area contributed by atoms with Crippen LogP contribution in [0, 0.1) is 0 Å². The van der Waals surface area contributed by atoms with Gasteiger partial charge in [0, 0.05) is 120 Å². The highest BCUT2D eigenvalue weighted by Crippen LogP contribution is 2.40. The minimum absolute atomic E-state index is 0.00835. The van der Waals surface area contributed by atoms with Crippen LogP contribution in [0.2, 0.25) is 0 Å². The smallest absolute Gasteiger partial charge is 0.407 e. The van der Waals surface area contributed by atoms with Crippen molar-refractivity contribution in [1.29, 1.82) is 0 Å². The van der Waals surface area contributed by atoms with Crippen LogP contribution >= 0.6 is 43.2 Å². The summed E-state index contributed by atoms with van der Waals surface area (Å²) in [4.78, 5) is 117. The van der Waals surface area contributed by atoms with Crippen molar-refractivity contribution in [3.05, 3.63) is 97.1 Å². The zero-order valence-electron chi connectivity index (χ0n) is 52.9. The van der Waals surface area contributed by atoms with E-state index in [0.717, 1.165) is 19.6 Å². The molecule has 20 nitrogen and oxygen atoms in total. The fraction of sp³-hybridized carbons (Fsp3) is 0.500. The highest BCUT2D eigenvalue weighted by atomic mass is 33.1. The molecule has 0 radical (unpaired) electrons. The topological polar surface area (TPSA) is 235 Å². The van der Waals surface area contributed by atoms with Gasteiger partial charge in [-0.2, -0.15) is 0 Å². The molecule has 88 heavy (non-hydrogen) atoms. The Kier molecular flexibility index (Phi) is 28.0. The molecule has 4 aromatic carbocycles. The lowest BCUT2D eigenvalue weighted by Gasteiger charge is -2.26. The number of carbonyl (C=O) groups excluding carboxylic acids is 8. The van der Waals surface area contributed by atoms with Crippen molar-refractivity contribution < 1.29 is 57.3 Å². The van der Waals surface area contributed by atoms with Crippen LogP contribution in [0.4, 0.5) is 41.9 Å². The number of ether oxygens (including phenoxy) is 4. The maximum absolute atomic E-state index is 14.1. The number of benzene rings is 4. The van der Waals surface area contributed by atoms with Crippen LogP contribution in [0.1, 0.15) is 134 Å². The van der Waals surface area contributed by atoms with Crippen LogP contribution in [0.5, 0.6) is 0 Å². The van der Waals surface area contributed by atoms with E-state index in [2.05, 4.69) is 21.3 Å². The van der Waals surface area contributed by atoms with Gasteiger partial charge >= 0.3 is 24.4 Å². The summed E-state index contributed by atoms with van der Waals surface area (Å²) in [5.74, 6) is -0.846. The van der Waals surface area contributed by atoms with Crippen LogP contribution in [0.25, 0.3) is 0 Å². The maximum atomic E-state index is 14.1. The number of rotatable bonds is 12. The lowest BCUT2D eigenvalue weighted by molar-refractivity contribution is -0.119. The van der Waals surface area contributed by atoms with Gasteiger partial charge in [0.25, 0.3) is 0 Å². The van der Waals surface area contributed by atoms with Crippen molar-refractivity contribution in [3.8, 4) is 0 Å². The summed E-state index contributed by atoms with van der Waals surface area (Å²) in [5, 5.41) is 10.8. The average Bonchev–Trinajstić information content (AvgIpc) is 3.62. The van der Waals surface area contributed by atoms with E-state index in [0.29, 0.717) is 74.6 Å². The number of hydrogen-bond donors (Lipinski definition) is 4. The minimum atomic E-state index is -0.709. The third kappa shape index (κ3) is 27.3. The highest BCUT2D eigenvalue weighted by molar-refractivity contribution is 8.77. The molecule has 24 heteroatoms. The quantitative estimate of drug-likeness (QED) is 0.0762. The van der Waals surface area contributed by atoms with Gasteiger partial charge in [0.15, 0.2) is 0 Å². The van der Waals surface area contributed by atoms with Crippen molar-refractivity contribution in [2.75, 3.05) is 72.0 Å². The molecule has 11 rings (SSSR count). The van der Waals surface area contributed by atoms with Crippen LogP contribution in [0.3, 0.4) is 0 Å². The Morgan fingerprint density at radius 1 is 0.318 bits per heavy atom. The van der Waals surface area contributed by atoms with Crippen molar-refractivity contribution >= 4 is 114 Å². The van der Waals surface area contributed by atoms with E-state index in [4.69, 9.17) is 18.9 Å². The number of alkyl carbamates (subject to hydrolysis) is 4. The second-order valence-electron chi connectivity index (χ2n) is 24.6. The molecular formula is C64H88N8O12S4. The predicted octanol–water partition coefficient (Wildman–Crippen LogP) is 13.6. The molecule has 7 aliphatic rings. The van der Waals surface area contributed by atoms with Gasteiger partial charge in [-0.1, -0.05) is 43.2 Å². The molecule has 7 heterocycles. The van der Waals surface area contributed by atoms with Crippen molar-refractivity contribution in [2.24, 2.45) is 0 Å². The standard InChI is InChI=1S/C64H88N8O12S4/c1-61(2,3)81-57(77)65-37-33-53(73)69-41-13-14-42-70(54(74)34-38-66-58(78)82-62(4,5)6)46-19-27-51(28-20-46)87-88-52-31-23-48(24-32-52)72(56(76)36-40-68-60(80)84-64(10,11)12)44-16-15-43-71(55(75)35-39-67-59(79)83-63(7,8)9)47-21-29-50(30-22-47)86-85-49-25-17-45(69)18-26-49/h17-32H,13-16,33-44H2,1-12H3,(H,65,77)(H,66,78)(H,67,79)(H,68,80). The van der Waals surface area contributed by atoms with Crippen molar-refractivity contribution in [2.45, 2.75) is 176 Å². The van der Waals surface area contributed by atoms with Crippen LogP contribution < -0.4 is 40.9 Å². The molecule has 4 aromatic rings. The summed E-state index contributed by atoms with van der Waals surface area (Å²) in [6, 6.07) is 30.6. The molecule has 0 spiro atoms. The van der Waals surface area contributed by atoms with Gasteiger partial charge in [-0.15, -0.1) is 0 Å².